The number of allylic oxidation sites excluding steroid dienone is 1. The summed E-state index contributed by atoms with van der Waals surface area (Å²) in [5, 5.41) is 8.84. The van der Waals surface area contributed by atoms with E-state index in [9.17, 15) is 19.2 Å². The molecule has 0 bridgehead atoms. The first-order chi connectivity index (χ1) is 14.0. The Hall–Kier alpha value is -2.97. The minimum absolute atomic E-state index is 0.0901. The maximum Gasteiger partial charge on any atom is 0.303 e. The van der Waals surface area contributed by atoms with Crippen molar-refractivity contribution in [3.8, 4) is 6.07 Å². The van der Waals surface area contributed by atoms with E-state index in [1.165, 1.54) is 13.0 Å². The third-order valence-corrected chi connectivity index (χ3v) is 3.77. The molecule has 0 aromatic heterocycles. The molecule has 1 rings (SSSR count). The molecule has 11 heteroatoms. The number of nitrogens with zero attached hydrogens (tertiary/aromatic N) is 1. The molecule has 0 spiro atoms. The quantitative estimate of drug-likeness (QED) is 0.304. The summed E-state index contributed by atoms with van der Waals surface area (Å²) in [7, 11) is 0. The van der Waals surface area contributed by atoms with E-state index in [0.717, 1.165) is 20.8 Å². The molecule has 0 unspecified atom stereocenters. The lowest BCUT2D eigenvalue weighted by atomic mass is 9.98. The summed E-state index contributed by atoms with van der Waals surface area (Å²) >= 11 is 0. The molecule has 5 atom stereocenters. The number of hydrogen-bond acceptors (Lipinski definition) is 11. The van der Waals surface area contributed by atoms with Crippen molar-refractivity contribution in [1.29, 1.82) is 5.26 Å². The van der Waals surface area contributed by atoms with Crippen LogP contribution in [0.5, 0.6) is 0 Å². The molecule has 0 radical (unpaired) electrons. The van der Waals surface area contributed by atoms with Gasteiger partial charge >= 0.3 is 23.9 Å². The second-order valence-corrected chi connectivity index (χ2v) is 6.40. The molecule has 0 saturated carbocycles. The van der Waals surface area contributed by atoms with Crippen LogP contribution in [0.2, 0.25) is 0 Å². The maximum absolute atomic E-state index is 11.7. The van der Waals surface area contributed by atoms with Gasteiger partial charge in [-0.15, -0.1) is 0 Å². The highest BCUT2D eigenvalue weighted by Gasteiger charge is 2.52. The third-order valence-electron chi connectivity index (χ3n) is 3.77. The molecule has 1 saturated heterocycles. The Balaban J connectivity index is 3.27. The van der Waals surface area contributed by atoms with Crippen molar-refractivity contribution >= 4 is 23.9 Å². The molecular weight excluding hydrogens is 402 g/mol. The fourth-order valence-corrected chi connectivity index (χ4v) is 2.64. The predicted molar refractivity (Wildman–Crippen MR) is 97.3 cm³/mol. The summed E-state index contributed by atoms with van der Waals surface area (Å²) in [6.07, 6.45) is -4.72. The predicted octanol–water partition coefficient (Wildman–Crippen LogP) is 0.556. The zero-order valence-corrected chi connectivity index (χ0v) is 17.4. The van der Waals surface area contributed by atoms with Crippen LogP contribution in [0.4, 0.5) is 0 Å². The van der Waals surface area contributed by atoms with Crippen molar-refractivity contribution in [1.82, 2.24) is 0 Å². The fraction of sp³-hybridized carbons (Fsp3) is 0.632. The Morgan fingerprint density at radius 3 is 1.90 bits per heavy atom. The van der Waals surface area contributed by atoms with Gasteiger partial charge in [0.05, 0.1) is 12.7 Å². The van der Waals surface area contributed by atoms with Crippen LogP contribution >= 0.6 is 0 Å². The van der Waals surface area contributed by atoms with Crippen LogP contribution in [0.3, 0.4) is 0 Å². The molecule has 0 amide bonds. The standard InChI is InChI=1S/C19H25NO10/c1-10(8-20)6-7-25-19-18(29-14(5)24)17(28-13(4)23)16(27-12(3)22)15(30-19)9-26-11(2)21/h6,15-19H,7,9H2,1-5H3/b10-6-/t15-,16-,17+,18-,19-/m1/s1. The first-order valence-corrected chi connectivity index (χ1v) is 9.04. The molecule has 1 aliphatic heterocycles. The smallest absolute Gasteiger partial charge is 0.303 e. The van der Waals surface area contributed by atoms with Crippen LogP contribution in [-0.4, -0.2) is 67.8 Å². The van der Waals surface area contributed by atoms with Gasteiger partial charge in [-0.05, 0) is 13.0 Å². The van der Waals surface area contributed by atoms with E-state index < -0.39 is 54.6 Å². The number of rotatable bonds is 8. The molecule has 166 valence electrons. The van der Waals surface area contributed by atoms with Gasteiger partial charge in [-0.2, -0.15) is 5.26 Å². The van der Waals surface area contributed by atoms with Crippen molar-refractivity contribution in [2.75, 3.05) is 13.2 Å². The van der Waals surface area contributed by atoms with Crippen LogP contribution in [0.25, 0.3) is 0 Å². The van der Waals surface area contributed by atoms with Gasteiger partial charge < -0.3 is 28.4 Å². The molecule has 1 aliphatic rings. The summed E-state index contributed by atoms with van der Waals surface area (Å²) < 4.78 is 32.0. The van der Waals surface area contributed by atoms with Crippen LogP contribution in [-0.2, 0) is 47.6 Å². The van der Waals surface area contributed by atoms with Gasteiger partial charge in [0, 0.05) is 33.3 Å². The van der Waals surface area contributed by atoms with Gasteiger partial charge in [0.1, 0.15) is 12.7 Å². The van der Waals surface area contributed by atoms with E-state index in [1.54, 1.807) is 6.92 Å². The number of nitriles is 1. The van der Waals surface area contributed by atoms with E-state index in [-0.39, 0.29) is 13.2 Å². The van der Waals surface area contributed by atoms with Crippen LogP contribution in [0.1, 0.15) is 34.6 Å². The Morgan fingerprint density at radius 2 is 1.40 bits per heavy atom. The molecule has 0 N–H and O–H groups in total. The van der Waals surface area contributed by atoms with Crippen molar-refractivity contribution < 1.29 is 47.6 Å². The van der Waals surface area contributed by atoms with Gasteiger partial charge in [-0.3, -0.25) is 19.2 Å². The van der Waals surface area contributed by atoms with Crippen LogP contribution in [0, 0.1) is 11.3 Å². The largest absolute Gasteiger partial charge is 0.463 e. The highest BCUT2D eigenvalue weighted by atomic mass is 16.7. The number of esters is 4. The van der Waals surface area contributed by atoms with Crippen molar-refractivity contribution in [2.45, 2.75) is 65.3 Å². The van der Waals surface area contributed by atoms with Crippen molar-refractivity contribution in [3.05, 3.63) is 11.6 Å². The second-order valence-electron chi connectivity index (χ2n) is 6.40. The van der Waals surface area contributed by atoms with Crippen molar-refractivity contribution in [2.24, 2.45) is 0 Å². The molecule has 0 aromatic carbocycles. The highest BCUT2D eigenvalue weighted by molar-refractivity contribution is 5.68. The Labute approximate surface area is 173 Å². The lowest BCUT2D eigenvalue weighted by Crippen LogP contribution is -2.62. The number of hydrogen-bond donors (Lipinski definition) is 0. The Morgan fingerprint density at radius 1 is 0.867 bits per heavy atom. The summed E-state index contributed by atoms with van der Waals surface area (Å²) in [4.78, 5) is 46.2. The normalized spacial score (nSPS) is 26.1. The van der Waals surface area contributed by atoms with E-state index in [4.69, 9.17) is 33.7 Å². The first-order valence-electron chi connectivity index (χ1n) is 9.04. The average molecular weight is 427 g/mol. The topological polar surface area (TPSA) is 147 Å². The van der Waals surface area contributed by atoms with E-state index in [2.05, 4.69) is 0 Å². The number of carbonyl (C=O) groups excluding carboxylic acids is 4. The fourth-order valence-electron chi connectivity index (χ4n) is 2.64. The SMILES string of the molecule is CC(=O)OC[C@H]1O[C@@H](OC/C=C(/C)C#N)[C@H](OC(C)=O)[C@@H](OC(C)=O)[C@@H]1OC(C)=O. The zero-order chi connectivity index (χ0) is 22.8. The van der Waals surface area contributed by atoms with E-state index >= 15 is 0 Å². The number of carbonyl (C=O) groups is 4. The summed E-state index contributed by atoms with van der Waals surface area (Å²) in [5.74, 6) is -2.79. The lowest BCUT2D eigenvalue weighted by Gasteiger charge is -2.43. The van der Waals surface area contributed by atoms with Gasteiger partial charge in [0.15, 0.2) is 24.6 Å². The second kappa shape index (κ2) is 11.9. The average Bonchev–Trinajstić information content (AvgIpc) is 2.63. The lowest BCUT2D eigenvalue weighted by molar-refractivity contribution is -0.306. The van der Waals surface area contributed by atoms with Gasteiger partial charge in [0.2, 0.25) is 0 Å². The Kier molecular flexibility index (Phi) is 9.94. The van der Waals surface area contributed by atoms with E-state index in [1.807, 2.05) is 6.07 Å². The zero-order valence-electron chi connectivity index (χ0n) is 17.4. The monoisotopic (exact) mass is 427 g/mol. The molecule has 1 fully saturated rings. The highest BCUT2D eigenvalue weighted by Crippen LogP contribution is 2.30. The molecule has 11 nitrogen and oxygen atoms in total. The minimum atomic E-state index is -1.30. The van der Waals surface area contributed by atoms with Crippen molar-refractivity contribution in [3.63, 3.8) is 0 Å². The molecule has 0 aromatic rings. The molecule has 0 aliphatic carbocycles. The maximum atomic E-state index is 11.7. The molecule has 30 heavy (non-hydrogen) atoms. The molecular formula is C19H25NO10. The van der Waals surface area contributed by atoms with Gasteiger partial charge in [0.25, 0.3) is 0 Å². The summed E-state index contributed by atoms with van der Waals surface area (Å²) in [6, 6.07) is 1.92. The van der Waals surface area contributed by atoms with Crippen LogP contribution in [0.15, 0.2) is 11.6 Å². The van der Waals surface area contributed by atoms with Crippen LogP contribution < -0.4 is 0 Å². The minimum Gasteiger partial charge on any atom is -0.463 e. The third kappa shape index (κ3) is 8.18. The Bertz CT molecular complexity index is 725. The summed E-state index contributed by atoms with van der Waals surface area (Å²) in [6.45, 7) is 5.70. The molecule has 1 heterocycles. The van der Waals surface area contributed by atoms with E-state index in [0.29, 0.717) is 5.57 Å². The van der Waals surface area contributed by atoms with Gasteiger partial charge in [-0.1, -0.05) is 0 Å². The van der Waals surface area contributed by atoms with Gasteiger partial charge in [-0.25, -0.2) is 0 Å². The first kappa shape index (κ1) is 25.1. The summed E-state index contributed by atoms with van der Waals surface area (Å²) in [5.41, 5.74) is 0.376. The number of ether oxygens (including phenoxy) is 6.